The summed E-state index contributed by atoms with van der Waals surface area (Å²) in [5, 5.41) is 13.0. The second-order valence-electron chi connectivity index (χ2n) is 2.44. The topological polar surface area (TPSA) is 78.4 Å². The molecule has 5 heteroatoms. The number of nitrogens with one attached hydrogen (secondary N) is 2. The van der Waals surface area contributed by atoms with E-state index in [0.717, 1.165) is 6.42 Å². The van der Waals surface area contributed by atoms with Crippen molar-refractivity contribution in [1.82, 2.24) is 10.6 Å². The quantitative estimate of drug-likeness (QED) is 0.483. The third-order valence-corrected chi connectivity index (χ3v) is 1.58. The molecule has 0 aromatic rings. The Balaban J connectivity index is 2.42. The molecule has 2 amide bonds. The predicted octanol–water partition coefficient (Wildman–Crippen LogP) is -0.467. The smallest absolute Gasteiger partial charge is 0.405 e. The Labute approximate surface area is 63.8 Å². The van der Waals surface area contributed by atoms with Crippen molar-refractivity contribution in [3.05, 3.63) is 0 Å². The molecule has 1 fully saturated rings. The first-order valence-electron chi connectivity index (χ1n) is 3.47. The molecular formula is C6H10N2O3. The van der Waals surface area contributed by atoms with Crippen LogP contribution in [0.15, 0.2) is 0 Å². The second-order valence-corrected chi connectivity index (χ2v) is 2.44. The normalized spacial score (nSPS) is 24.0. The summed E-state index contributed by atoms with van der Waals surface area (Å²) in [6, 6.07) is -0.554. The first kappa shape index (κ1) is 7.84. The van der Waals surface area contributed by atoms with E-state index in [1.807, 2.05) is 0 Å². The van der Waals surface area contributed by atoms with Crippen molar-refractivity contribution in [3.8, 4) is 0 Å². The molecule has 0 aromatic heterocycles. The molecule has 1 saturated heterocycles. The molecule has 0 saturated carbocycles. The molecule has 0 radical (unpaired) electrons. The highest BCUT2D eigenvalue weighted by atomic mass is 16.4. The molecule has 0 aromatic carbocycles. The lowest BCUT2D eigenvalue weighted by Crippen LogP contribution is -2.49. The monoisotopic (exact) mass is 158 g/mol. The minimum Gasteiger partial charge on any atom is -0.465 e. The van der Waals surface area contributed by atoms with Gasteiger partial charge < -0.3 is 15.7 Å². The van der Waals surface area contributed by atoms with E-state index in [2.05, 4.69) is 10.6 Å². The van der Waals surface area contributed by atoms with Crippen molar-refractivity contribution in [2.75, 3.05) is 6.54 Å². The maximum absolute atomic E-state index is 10.9. The van der Waals surface area contributed by atoms with Crippen molar-refractivity contribution in [2.45, 2.75) is 18.9 Å². The van der Waals surface area contributed by atoms with Crippen LogP contribution in [0.2, 0.25) is 0 Å². The van der Waals surface area contributed by atoms with Gasteiger partial charge in [0.05, 0.1) is 0 Å². The first-order valence-corrected chi connectivity index (χ1v) is 3.47. The molecule has 1 aliphatic heterocycles. The van der Waals surface area contributed by atoms with Crippen molar-refractivity contribution >= 4 is 12.0 Å². The largest absolute Gasteiger partial charge is 0.465 e. The zero-order chi connectivity index (χ0) is 8.27. The Morgan fingerprint density at radius 2 is 2.45 bits per heavy atom. The van der Waals surface area contributed by atoms with E-state index in [1.165, 1.54) is 0 Å². The fourth-order valence-electron chi connectivity index (χ4n) is 1.06. The van der Waals surface area contributed by atoms with Crippen LogP contribution in [-0.2, 0) is 4.79 Å². The summed E-state index contributed by atoms with van der Waals surface area (Å²) in [4.78, 5) is 21.0. The van der Waals surface area contributed by atoms with Crippen LogP contribution in [0.1, 0.15) is 12.8 Å². The maximum Gasteiger partial charge on any atom is 0.405 e. The van der Waals surface area contributed by atoms with Gasteiger partial charge in [0.15, 0.2) is 0 Å². The van der Waals surface area contributed by atoms with Crippen molar-refractivity contribution in [2.24, 2.45) is 0 Å². The highest BCUT2D eigenvalue weighted by Gasteiger charge is 2.22. The highest BCUT2D eigenvalue weighted by molar-refractivity contribution is 5.85. The highest BCUT2D eigenvalue weighted by Crippen LogP contribution is 2.01. The van der Waals surface area contributed by atoms with Crippen LogP contribution >= 0.6 is 0 Å². The molecule has 1 heterocycles. The molecule has 0 bridgehead atoms. The fourth-order valence-corrected chi connectivity index (χ4v) is 1.06. The van der Waals surface area contributed by atoms with Gasteiger partial charge in [-0.3, -0.25) is 4.79 Å². The van der Waals surface area contributed by atoms with Gasteiger partial charge in [-0.15, -0.1) is 0 Å². The number of hydrogen-bond donors (Lipinski definition) is 3. The lowest BCUT2D eigenvalue weighted by molar-refractivity contribution is -0.124. The average molecular weight is 158 g/mol. The van der Waals surface area contributed by atoms with Gasteiger partial charge in [0.2, 0.25) is 5.91 Å². The Bertz CT molecular complexity index is 181. The molecule has 5 nitrogen and oxygen atoms in total. The number of carbonyl (C=O) groups is 2. The lowest BCUT2D eigenvalue weighted by atomic mass is 10.1. The number of rotatable bonds is 1. The van der Waals surface area contributed by atoms with E-state index in [1.54, 1.807) is 0 Å². The van der Waals surface area contributed by atoms with Gasteiger partial charge in [0, 0.05) is 6.54 Å². The van der Waals surface area contributed by atoms with Crippen LogP contribution in [0.25, 0.3) is 0 Å². The van der Waals surface area contributed by atoms with Crippen molar-refractivity contribution < 1.29 is 14.7 Å². The fraction of sp³-hybridized carbons (Fsp3) is 0.667. The van der Waals surface area contributed by atoms with Gasteiger partial charge in [-0.1, -0.05) is 0 Å². The zero-order valence-corrected chi connectivity index (χ0v) is 5.96. The van der Waals surface area contributed by atoms with Gasteiger partial charge >= 0.3 is 6.09 Å². The zero-order valence-electron chi connectivity index (χ0n) is 5.96. The molecular weight excluding hydrogens is 148 g/mol. The van der Waals surface area contributed by atoms with E-state index >= 15 is 0 Å². The van der Waals surface area contributed by atoms with Crippen LogP contribution in [0.4, 0.5) is 4.79 Å². The minimum absolute atomic E-state index is 0.223. The van der Waals surface area contributed by atoms with Crippen LogP contribution in [0.3, 0.4) is 0 Å². The molecule has 1 atom stereocenters. The summed E-state index contributed by atoms with van der Waals surface area (Å²) in [5.41, 5.74) is 0. The van der Waals surface area contributed by atoms with Gasteiger partial charge in [-0.25, -0.2) is 4.79 Å². The molecule has 0 unspecified atom stereocenters. The molecule has 1 aliphatic rings. The summed E-state index contributed by atoms with van der Waals surface area (Å²) in [5.74, 6) is -0.223. The molecule has 11 heavy (non-hydrogen) atoms. The Hall–Kier alpha value is -1.26. The Morgan fingerprint density at radius 1 is 1.73 bits per heavy atom. The van der Waals surface area contributed by atoms with Gasteiger partial charge in [-0.05, 0) is 12.8 Å². The second kappa shape index (κ2) is 3.23. The minimum atomic E-state index is -1.15. The molecule has 62 valence electrons. The number of carboxylic acid groups (broad SMARTS) is 1. The standard InChI is InChI=1S/C6H10N2O3/c9-5-4(8-6(10)11)2-1-3-7-5/h4,8H,1-3H2,(H,7,9)(H,10,11)/t4-/m1/s1. The lowest BCUT2D eigenvalue weighted by Gasteiger charge is -2.20. The number of piperidine rings is 1. The average Bonchev–Trinajstić information content (AvgIpc) is 1.93. The third-order valence-electron chi connectivity index (χ3n) is 1.58. The van der Waals surface area contributed by atoms with Crippen molar-refractivity contribution in [3.63, 3.8) is 0 Å². The number of amides is 2. The van der Waals surface area contributed by atoms with E-state index in [0.29, 0.717) is 13.0 Å². The molecule has 3 N–H and O–H groups in total. The van der Waals surface area contributed by atoms with E-state index in [9.17, 15) is 9.59 Å². The number of hydrogen-bond acceptors (Lipinski definition) is 2. The maximum atomic E-state index is 10.9. The summed E-state index contributed by atoms with van der Waals surface area (Å²) in [7, 11) is 0. The molecule has 1 rings (SSSR count). The summed E-state index contributed by atoms with van der Waals surface area (Å²) in [6.07, 6.45) is 0.279. The predicted molar refractivity (Wildman–Crippen MR) is 37.2 cm³/mol. The van der Waals surface area contributed by atoms with Gasteiger partial charge in [-0.2, -0.15) is 0 Å². The van der Waals surface area contributed by atoms with Gasteiger partial charge in [0.1, 0.15) is 6.04 Å². The molecule has 0 aliphatic carbocycles. The number of carbonyl (C=O) groups excluding carboxylic acids is 1. The van der Waals surface area contributed by atoms with Crippen LogP contribution < -0.4 is 10.6 Å². The third kappa shape index (κ3) is 2.10. The Morgan fingerprint density at radius 3 is 3.00 bits per heavy atom. The SMILES string of the molecule is O=C(O)N[C@@H]1CCCNC1=O. The van der Waals surface area contributed by atoms with Crippen LogP contribution in [0, 0.1) is 0 Å². The van der Waals surface area contributed by atoms with Crippen molar-refractivity contribution in [1.29, 1.82) is 0 Å². The van der Waals surface area contributed by atoms with Gasteiger partial charge in [0.25, 0.3) is 0 Å². The summed E-state index contributed by atoms with van der Waals surface area (Å²) >= 11 is 0. The van der Waals surface area contributed by atoms with E-state index in [-0.39, 0.29) is 5.91 Å². The summed E-state index contributed by atoms with van der Waals surface area (Å²) < 4.78 is 0. The molecule has 0 spiro atoms. The van der Waals surface area contributed by atoms with Crippen LogP contribution in [-0.4, -0.2) is 29.7 Å². The Kier molecular flexibility index (Phi) is 2.30. The first-order chi connectivity index (χ1) is 5.20. The van der Waals surface area contributed by atoms with E-state index in [4.69, 9.17) is 5.11 Å². The van der Waals surface area contributed by atoms with Crippen LogP contribution in [0.5, 0.6) is 0 Å². The van der Waals surface area contributed by atoms with E-state index < -0.39 is 12.1 Å². The summed E-state index contributed by atoms with van der Waals surface area (Å²) in [6.45, 7) is 0.649.